The number of likely N-dealkylation sites (N-methyl/N-ethyl adjacent to an activating group) is 1. The van der Waals surface area contributed by atoms with Crippen LogP contribution in [0, 0.1) is 12.7 Å². The maximum absolute atomic E-state index is 13.8. The van der Waals surface area contributed by atoms with Crippen molar-refractivity contribution in [2.45, 2.75) is 34.1 Å². The van der Waals surface area contributed by atoms with Crippen LogP contribution in [0.2, 0.25) is 0 Å². The van der Waals surface area contributed by atoms with Crippen LogP contribution in [0.5, 0.6) is 0 Å². The Morgan fingerprint density at radius 2 is 1.63 bits per heavy atom. The topological polar surface area (TPSA) is 6.48 Å². The van der Waals surface area contributed by atoms with Crippen LogP contribution in [-0.4, -0.2) is 37.6 Å². The number of rotatable bonds is 2. The number of aryl methyl sites for hydroxylation is 1. The fourth-order valence-corrected chi connectivity index (χ4v) is 2.17. The highest BCUT2D eigenvalue weighted by molar-refractivity contribution is 5.49. The first-order chi connectivity index (χ1) is 9.12. The van der Waals surface area contributed by atoms with Crippen molar-refractivity contribution in [3.63, 3.8) is 0 Å². The summed E-state index contributed by atoms with van der Waals surface area (Å²) in [5.41, 5.74) is 1.73. The summed E-state index contributed by atoms with van der Waals surface area (Å²) in [5.74, 6) is -0.0926. The Labute approximate surface area is 117 Å². The third kappa shape index (κ3) is 4.83. The molecular formula is C16H27FN2. The lowest BCUT2D eigenvalue weighted by atomic mass is 10.2. The van der Waals surface area contributed by atoms with Crippen LogP contribution in [0.15, 0.2) is 18.2 Å². The number of benzene rings is 1. The molecule has 0 amide bonds. The highest BCUT2D eigenvalue weighted by Gasteiger charge is 2.18. The van der Waals surface area contributed by atoms with Gasteiger partial charge in [0.05, 0.1) is 5.69 Å². The van der Waals surface area contributed by atoms with E-state index >= 15 is 0 Å². The summed E-state index contributed by atoms with van der Waals surface area (Å²) in [5, 5.41) is 0. The van der Waals surface area contributed by atoms with Gasteiger partial charge in [-0.2, -0.15) is 0 Å². The van der Waals surface area contributed by atoms with Crippen molar-refractivity contribution >= 4 is 5.69 Å². The van der Waals surface area contributed by atoms with Crippen molar-refractivity contribution < 1.29 is 4.39 Å². The van der Waals surface area contributed by atoms with Crippen molar-refractivity contribution in [1.82, 2.24) is 4.90 Å². The average Bonchev–Trinajstić information content (AvgIpc) is 2.40. The molecule has 0 radical (unpaired) electrons. The van der Waals surface area contributed by atoms with Gasteiger partial charge in [0.2, 0.25) is 0 Å². The summed E-state index contributed by atoms with van der Waals surface area (Å²) >= 11 is 0. The SMILES string of the molecule is CCC.CCN1CCN(c2ccc(C)cc2F)CC1. The molecule has 1 aliphatic heterocycles. The third-order valence-electron chi connectivity index (χ3n) is 3.26. The minimum absolute atomic E-state index is 0.0926. The Morgan fingerprint density at radius 3 is 2.11 bits per heavy atom. The van der Waals surface area contributed by atoms with Crippen LogP contribution < -0.4 is 4.90 Å². The Kier molecular flexibility index (Phi) is 6.85. The number of anilines is 1. The number of hydrogen-bond acceptors (Lipinski definition) is 2. The average molecular weight is 266 g/mol. The van der Waals surface area contributed by atoms with Gasteiger partial charge in [-0.15, -0.1) is 0 Å². The molecule has 3 heteroatoms. The first-order valence-corrected chi connectivity index (χ1v) is 7.35. The Balaban J connectivity index is 0.000000550. The second-order valence-electron chi connectivity index (χ2n) is 5.08. The highest BCUT2D eigenvalue weighted by Crippen LogP contribution is 2.21. The fraction of sp³-hybridized carbons (Fsp3) is 0.625. The van der Waals surface area contributed by atoms with E-state index in [0.29, 0.717) is 0 Å². The van der Waals surface area contributed by atoms with E-state index in [1.54, 1.807) is 6.07 Å². The molecule has 1 aromatic rings. The van der Waals surface area contributed by atoms with Gasteiger partial charge in [-0.1, -0.05) is 33.3 Å². The van der Waals surface area contributed by atoms with Crippen molar-refractivity contribution in [2.75, 3.05) is 37.6 Å². The second kappa shape index (κ2) is 8.16. The standard InChI is InChI=1S/C13H19FN2.C3H8/c1-3-15-6-8-16(9-7-15)13-5-4-11(2)10-12(13)14;1-3-2/h4-5,10H,3,6-9H2,1-2H3;3H2,1-2H3. The van der Waals surface area contributed by atoms with Gasteiger partial charge >= 0.3 is 0 Å². The lowest BCUT2D eigenvalue weighted by Gasteiger charge is -2.35. The summed E-state index contributed by atoms with van der Waals surface area (Å²) in [4.78, 5) is 4.53. The monoisotopic (exact) mass is 266 g/mol. The molecule has 19 heavy (non-hydrogen) atoms. The molecule has 0 bridgehead atoms. The third-order valence-corrected chi connectivity index (χ3v) is 3.26. The second-order valence-corrected chi connectivity index (χ2v) is 5.08. The predicted octanol–water partition coefficient (Wildman–Crippen LogP) is 3.69. The summed E-state index contributed by atoms with van der Waals surface area (Å²) in [7, 11) is 0. The summed E-state index contributed by atoms with van der Waals surface area (Å²) in [6, 6.07) is 5.48. The van der Waals surface area contributed by atoms with E-state index in [9.17, 15) is 4.39 Å². The smallest absolute Gasteiger partial charge is 0.146 e. The maximum Gasteiger partial charge on any atom is 0.146 e. The van der Waals surface area contributed by atoms with Crippen LogP contribution in [0.1, 0.15) is 32.8 Å². The van der Waals surface area contributed by atoms with E-state index < -0.39 is 0 Å². The Bertz CT molecular complexity index is 371. The van der Waals surface area contributed by atoms with E-state index in [1.807, 2.05) is 19.1 Å². The molecule has 0 N–H and O–H groups in total. The molecule has 0 atom stereocenters. The first kappa shape index (κ1) is 16.0. The van der Waals surface area contributed by atoms with Crippen molar-refractivity contribution in [2.24, 2.45) is 0 Å². The summed E-state index contributed by atoms with van der Waals surface area (Å²) in [6.07, 6.45) is 1.25. The number of nitrogens with zero attached hydrogens (tertiary/aromatic N) is 2. The zero-order valence-electron chi connectivity index (χ0n) is 12.7. The maximum atomic E-state index is 13.8. The number of halogens is 1. The molecule has 1 saturated heterocycles. The van der Waals surface area contributed by atoms with Gasteiger partial charge in [-0.3, -0.25) is 0 Å². The largest absolute Gasteiger partial charge is 0.367 e. The molecule has 0 aliphatic carbocycles. The minimum atomic E-state index is -0.0926. The molecule has 2 nitrogen and oxygen atoms in total. The summed E-state index contributed by atoms with van der Waals surface area (Å²) in [6.45, 7) is 13.3. The normalized spacial score (nSPS) is 15.9. The van der Waals surface area contributed by atoms with Crippen LogP contribution in [-0.2, 0) is 0 Å². The molecule has 0 saturated carbocycles. The van der Waals surface area contributed by atoms with Gasteiger partial charge in [0.15, 0.2) is 0 Å². The van der Waals surface area contributed by atoms with Crippen LogP contribution in [0.4, 0.5) is 10.1 Å². The molecule has 0 spiro atoms. The van der Waals surface area contributed by atoms with Crippen LogP contribution >= 0.6 is 0 Å². The molecule has 1 heterocycles. The van der Waals surface area contributed by atoms with E-state index in [4.69, 9.17) is 0 Å². The lowest BCUT2D eigenvalue weighted by Crippen LogP contribution is -2.46. The lowest BCUT2D eigenvalue weighted by molar-refractivity contribution is 0.270. The molecular weight excluding hydrogens is 239 g/mol. The minimum Gasteiger partial charge on any atom is -0.367 e. The van der Waals surface area contributed by atoms with Gasteiger partial charge in [0.25, 0.3) is 0 Å². The summed E-state index contributed by atoms with van der Waals surface area (Å²) < 4.78 is 13.8. The Morgan fingerprint density at radius 1 is 1.05 bits per heavy atom. The molecule has 1 fully saturated rings. The van der Waals surface area contributed by atoms with E-state index in [0.717, 1.165) is 44.0 Å². The quantitative estimate of drug-likeness (QED) is 0.805. The van der Waals surface area contributed by atoms with Crippen LogP contribution in [0.25, 0.3) is 0 Å². The number of hydrogen-bond donors (Lipinski definition) is 0. The van der Waals surface area contributed by atoms with Gasteiger partial charge < -0.3 is 9.80 Å². The molecule has 1 aliphatic rings. The molecule has 1 aromatic carbocycles. The van der Waals surface area contributed by atoms with E-state index in [2.05, 4.69) is 30.6 Å². The van der Waals surface area contributed by atoms with Crippen LogP contribution in [0.3, 0.4) is 0 Å². The van der Waals surface area contributed by atoms with E-state index in [-0.39, 0.29) is 5.82 Å². The van der Waals surface area contributed by atoms with Gasteiger partial charge in [0, 0.05) is 26.2 Å². The predicted molar refractivity (Wildman–Crippen MR) is 81.4 cm³/mol. The van der Waals surface area contributed by atoms with Gasteiger partial charge in [0.1, 0.15) is 5.82 Å². The zero-order valence-corrected chi connectivity index (χ0v) is 12.7. The van der Waals surface area contributed by atoms with Crippen molar-refractivity contribution in [3.05, 3.63) is 29.6 Å². The van der Waals surface area contributed by atoms with Gasteiger partial charge in [-0.05, 0) is 31.2 Å². The Hall–Kier alpha value is -1.09. The molecule has 0 aromatic heterocycles. The molecule has 0 unspecified atom stereocenters. The number of piperazine rings is 1. The molecule has 108 valence electrons. The fourth-order valence-electron chi connectivity index (χ4n) is 2.17. The highest BCUT2D eigenvalue weighted by atomic mass is 19.1. The van der Waals surface area contributed by atoms with Crippen molar-refractivity contribution in [3.8, 4) is 0 Å². The van der Waals surface area contributed by atoms with Gasteiger partial charge in [-0.25, -0.2) is 4.39 Å². The van der Waals surface area contributed by atoms with Crippen molar-refractivity contribution in [1.29, 1.82) is 0 Å². The first-order valence-electron chi connectivity index (χ1n) is 7.35. The van der Waals surface area contributed by atoms with E-state index in [1.165, 1.54) is 6.42 Å². The zero-order chi connectivity index (χ0) is 14.3. The molecule has 2 rings (SSSR count).